The minimum atomic E-state index is 0.567. The maximum atomic E-state index is 8.66. The van der Waals surface area contributed by atoms with E-state index >= 15 is 0 Å². The van der Waals surface area contributed by atoms with Crippen LogP contribution in [0.3, 0.4) is 0 Å². The molecule has 1 fully saturated rings. The molecule has 0 heterocycles. The van der Waals surface area contributed by atoms with E-state index in [9.17, 15) is 0 Å². The summed E-state index contributed by atoms with van der Waals surface area (Å²) in [5.74, 6) is 1.60. The van der Waals surface area contributed by atoms with Crippen LogP contribution in [0.2, 0.25) is 0 Å². The Bertz CT molecular complexity index is 488. The van der Waals surface area contributed by atoms with Crippen LogP contribution in [-0.2, 0) is 6.54 Å². The summed E-state index contributed by atoms with van der Waals surface area (Å²) in [5.41, 5.74) is 2.52. The lowest BCUT2D eigenvalue weighted by Gasteiger charge is -2.34. The van der Waals surface area contributed by atoms with Gasteiger partial charge in [-0.05, 0) is 36.0 Å². The predicted molar refractivity (Wildman–Crippen MR) is 92.7 cm³/mol. The lowest BCUT2D eigenvalue weighted by atomic mass is 9.78. The summed E-state index contributed by atoms with van der Waals surface area (Å²) in [6.45, 7) is 6.49. The second kappa shape index (κ2) is 8.19. The summed E-state index contributed by atoms with van der Waals surface area (Å²) in [4.78, 5) is 2.13. The van der Waals surface area contributed by atoms with Crippen molar-refractivity contribution in [1.82, 2.24) is 5.32 Å². The van der Waals surface area contributed by atoms with Crippen LogP contribution in [0.4, 0.5) is 5.69 Å². The van der Waals surface area contributed by atoms with Gasteiger partial charge in [-0.3, -0.25) is 0 Å². The first-order valence-corrected chi connectivity index (χ1v) is 8.52. The highest BCUT2D eigenvalue weighted by molar-refractivity contribution is 5.46. The van der Waals surface area contributed by atoms with Crippen molar-refractivity contribution in [1.29, 1.82) is 5.26 Å². The fraction of sp³-hybridized carbons (Fsp3) is 0.632. The standard InChI is InChI=1S/C19H29N3/c1-15-6-4-7-19(16(15)2)21-14-17-8-10-18(11-9-17)22(3)13-5-12-20/h8-11,15-16,19,21H,4-7,13-14H2,1-3H3. The van der Waals surface area contributed by atoms with Gasteiger partial charge in [-0.15, -0.1) is 0 Å². The van der Waals surface area contributed by atoms with Gasteiger partial charge in [0.25, 0.3) is 0 Å². The van der Waals surface area contributed by atoms with Gasteiger partial charge in [-0.1, -0.05) is 38.8 Å². The van der Waals surface area contributed by atoms with E-state index in [0.717, 1.165) is 24.9 Å². The Balaban J connectivity index is 1.85. The summed E-state index contributed by atoms with van der Waals surface area (Å²) in [6.07, 6.45) is 4.60. The summed E-state index contributed by atoms with van der Waals surface area (Å²) in [5, 5.41) is 12.4. The molecule has 0 spiro atoms. The molecule has 0 radical (unpaired) electrons. The molecule has 0 saturated heterocycles. The third-order valence-electron chi connectivity index (χ3n) is 5.21. The predicted octanol–water partition coefficient (Wildman–Crippen LogP) is 3.95. The molecule has 3 heteroatoms. The zero-order chi connectivity index (χ0) is 15.9. The fourth-order valence-corrected chi connectivity index (χ4v) is 3.33. The van der Waals surface area contributed by atoms with Crippen LogP contribution < -0.4 is 10.2 Å². The Morgan fingerprint density at radius 2 is 1.95 bits per heavy atom. The third kappa shape index (κ3) is 4.48. The molecule has 0 aromatic heterocycles. The van der Waals surface area contributed by atoms with Crippen LogP contribution in [0.25, 0.3) is 0 Å². The Morgan fingerprint density at radius 1 is 1.23 bits per heavy atom. The lowest BCUT2D eigenvalue weighted by Crippen LogP contribution is -2.40. The molecule has 1 aromatic carbocycles. The van der Waals surface area contributed by atoms with Crippen LogP contribution in [0.1, 0.15) is 45.1 Å². The number of benzene rings is 1. The molecule has 0 amide bonds. The zero-order valence-electron chi connectivity index (χ0n) is 14.2. The molecular formula is C19H29N3. The Labute approximate surface area is 135 Å². The molecule has 3 unspecified atom stereocenters. The molecule has 1 aliphatic carbocycles. The third-order valence-corrected chi connectivity index (χ3v) is 5.21. The number of hydrogen-bond donors (Lipinski definition) is 1. The Morgan fingerprint density at radius 3 is 2.64 bits per heavy atom. The fourth-order valence-electron chi connectivity index (χ4n) is 3.33. The van der Waals surface area contributed by atoms with E-state index in [1.165, 1.54) is 30.5 Å². The lowest BCUT2D eigenvalue weighted by molar-refractivity contribution is 0.206. The minimum absolute atomic E-state index is 0.567. The first kappa shape index (κ1) is 16.8. The molecule has 3 atom stereocenters. The van der Waals surface area contributed by atoms with Crippen LogP contribution >= 0.6 is 0 Å². The molecule has 1 aromatic rings. The van der Waals surface area contributed by atoms with Gasteiger partial charge in [-0.25, -0.2) is 0 Å². The number of nitrogens with one attached hydrogen (secondary N) is 1. The van der Waals surface area contributed by atoms with Crippen LogP contribution in [0.5, 0.6) is 0 Å². The van der Waals surface area contributed by atoms with E-state index < -0.39 is 0 Å². The highest BCUT2D eigenvalue weighted by Crippen LogP contribution is 2.29. The quantitative estimate of drug-likeness (QED) is 0.864. The van der Waals surface area contributed by atoms with Gasteiger partial charge in [0.15, 0.2) is 0 Å². The molecule has 22 heavy (non-hydrogen) atoms. The number of hydrogen-bond acceptors (Lipinski definition) is 3. The topological polar surface area (TPSA) is 39.1 Å². The number of rotatable bonds is 6. The highest BCUT2D eigenvalue weighted by Gasteiger charge is 2.26. The van der Waals surface area contributed by atoms with Crippen LogP contribution in [0.15, 0.2) is 24.3 Å². The van der Waals surface area contributed by atoms with Crippen molar-refractivity contribution >= 4 is 5.69 Å². The van der Waals surface area contributed by atoms with Crippen molar-refractivity contribution in [3.8, 4) is 6.07 Å². The summed E-state index contributed by atoms with van der Waals surface area (Å²) in [6, 6.07) is 11.5. The van der Waals surface area contributed by atoms with Gasteiger partial charge in [0, 0.05) is 31.9 Å². The van der Waals surface area contributed by atoms with Crippen LogP contribution in [0, 0.1) is 23.2 Å². The molecule has 1 aliphatic rings. The van der Waals surface area contributed by atoms with Gasteiger partial charge in [-0.2, -0.15) is 5.26 Å². The van der Waals surface area contributed by atoms with Gasteiger partial charge >= 0.3 is 0 Å². The monoisotopic (exact) mass is 299 g/mol. The summed E-state index contributed by atoms with van der Waals surface area (Å²) in [7, 11) is 2.04. The van der Waals surface area contributed by atoms with Crippen molar-refractivity contribution in [2.24, 2.45) is 11.8 Å². The van der Waals surface area contributed by atoms with Crippen LogP contribution in [-0.4, -0.2) is 19.6 Å². The second-order valence-corrected chi connectivity index (χ2v) is 6.75. The molecule has 0 aliphatic heterocycles. The molecule has 1 saturated carbocycles. The van der Waals surface area contributed by atoms with E-state index in [1.807, 2.05) is 7.05 Å². The van der Waals surface area contributed by atoms with Crippen molar-refractivity contribution in [2.75, 3.05) is 18.5 Å². The van der Waals surface area contributed by atoms with Crippen molar-refractivity contribution < 1.29 is 0 Å². The van der Waals surface area contributed by atoms with E-state index in [0.29, 0.717) is 12.5 Å². The number of nitrogens with zero attached hydrogens (tertiary/aromatic N) is 2. The SMILES string of the molecule is CC1CCCC(NCc2ccc(N(C)CCC#N)cc2)C1C. The van der Waals surface area contributed by atoms with Crippen molar-refractivity contribution in [3.63, 3.8) is 0 Å². The first-order chi connectivity index (χ1) is 10.6. The van der Waals surface area contributed by atoms with Gasteiger partial charge in [0.05, 0.1) is 12.5 Å². The maximum absolute atomic E-state index is 8.66. The second-order valence-electron chi connectivity index (χ2n) is 6.75. The Kier molecular flexibility index (Phi) is 6.27. The van der Waals surface area contributed by atoms with Crippen molar-refractivity contribution in [3.05, 3.63) is 29.8 Å². The molecular weight excluding hydrogens is 270 g/mol. The van der Waals surface area contributed by atoms with Gasteiger partial charge in [0.1, 0.15) is 0 Å². The average molecular weight is 299 g/mol. The van der Waals surface area contributed by atoms with Gasteiger partial charge < -0.3 is 10.2 Å². The first-order valence-electron chi connectivity index (χ1n) is 8.52. The molecule has 3 nitrogen and oxygen atoms in total. The smallest absolute Gasteiger partial charge is 0.0640 e. The van der Waals surface area contributed by atoms with E-state index in [2.05, 4.69) is 54.4 Å². The summed E-state index contributed by atoms with van der Waals surface area (Å²) >= 11 is 0. The minimum Gasteiger partial charge on any atom is -0.374 e. The van der Waals surface area contributed by atoms with Crippen molar-refractivity contribution in [2.45, 2.75) is 52.1 Å². The highest BCUT2D eigenvalue weighted by atomic mass is 15.1. The zero-order valence-corrected chi connectivity index (χ0v) is 14.2. The molecule has 0 bridgehead atoms. The molecule has 2 rings (SSSR count). The Hall–Kier alpha value is -1.53. The number of nitriles is 1. The number of anilines is 1. The maximum Gasteiger partial charge on any atom is 0.0640 e. The average Bonchev–Trinajstić information content (AvgIpc) is 2.54. The normalized spacial score (nSPS) is 24.7. The van der Waals surface area contributed by atoms with E-state index in [1.54, 1.807) is 0 Å². The van der Waals surface area contributed by atoms with E-state index in [-0.39, 0.29) is 0 Å². The molecule has 120 valence electrons. The summed E-state index contributed by atoms with van der Waals surface area (Å²) < 4.78 is 0. The molecule has 1 N–H and O–H groups in total. The largest absolute Gasteiger partial charge is 0.374 e. The van der Waals surface area contributed by atoms with E-state index in [4.69, 9.17) is 5.26 Å². The van der Waals surface area contributed by atoms with Gasteiger partial charge in [0.2, 0.25) is 0 Å².